The molecule has 1 aliphatic carbocycles. The fourth-order valence-corrected chi connectivity index (χ4v) is 4.03. The van der Waals surface area contributed by atoms with Gasteiger partial charge in [0.15, 0.2) is 0 Å². The first kappa shape index (κ1) is 21.2. The Labute approximate surface area is 141 Å². The summed E-state index contributed by atoms with van der Waals surface area (Å²) in [5.41, 5.74) is 3.43. The first-order chi connectivity index (χ1) is 7.61. The van der Waals surface area contributed by atoms with Gasteiger partial charge in [0.2, 0.25) is 0 Å². The molecule has 0 aromatic heterocycles. The molecule has 0 N–H and O–H groups in total. The number of hydrogen-bond donors (Lipinski definition) is 0. The Balaban J connectivity index is 0. The van der Waals surface area contributed by atoms with Crippen molar-refractivity contribution in [2.75, 3.05) is 0 Å². The summed E-state index contributed by atoms with van der Waals surface area (Å²) in [4.78, 5) is 0. The van der Waals surface area contributed by atoms with E-state index in [1.54, 1.807) is 39.1 Å². The molecular formula is C15H27Cl2Zr. The third kappa shape index (κ3) is 5.52. The van der Waals surface area contributed by atoms with Crippen LogP contribution in [-0.4, -0.2) is 0 Å². The molecule has 0 saturated carbocycles. The zero-order valence-corrected chi connectivity index (χ0v) is 16.2. The van der Waals surface area contributed by atoms with E-state index in [2.05, 4.69) is 33.8 Å². The molecule has 0 amide bonds. The van der Waals surface area contributed by atoms with Crippen molar-refractivity contribution in [2.24, 2.45) is 11.8 Å². The van der Waals surface area contributed by atoms with Crippen LogP contribution in [0.2, 0.25) is 0 Å². The maximum Gasteiger partial charge on any atom is -0.147 e. The SMILES string of the molecule is CCCC(C)C1=CC[C]([Zr])=C1C(C)CCC.Cl.Cl. The molecule has 2 atom stereocenters. The maximum atomic E-state index is 2.51. The van der Waals surface area contributed by atoms with E-state index >= 15 is 0 Å². The largest absolute Gasteiger partial charge is 0.147 e. The molecule has 0 bridgehead atoms. The first-order valence-corrected chi connectivity index (χ1v) is 7.99. The predicted molar refractivity (Wildman–Crippen MR) is 82.4 cm³/mol. The van der Waals surface area contributed by atoms with Crippen LogP contribution in [0, 0.1) is 11.8 Å². The summed E-state index contributed by atoms with van der Waals surface area (Å²) in [7, 11) is 0. The number of allylic oxidation sites excluding steroid dienone is 4. The van der Waals surface area contributed by atoms with E-state index in [1.165, 1.54) is 32.1 Å². The third-order valence-electron chi connectivity index (χ3n) is 3.63. The van der Waals surface area contributed by atoms with E-state index in [-0.39, 0.29) is 24.8 Å². The molecule has 1 aliphatic rings. The van der Waals surface area contributed by atoms with Gasteiger partial charge in [-0.1, -0.05) is 0 Å². The topological polar surface area (TPSA) is 0 Å². The molecule has 0 fully saturated rings. The van der Waals surface area contributed by atoms with Crippen LogP contribution in [-0.2, 0) is 24.7 Å². The van der Waals surface area contributed by atoms with Crippen LogP contribution >= 0.6 is 24.8 Å². The second-order valence-electron chi connectivity index (χ2n) is 5.14. The first-order valence-electron chi connectivity index (χ1n) is 6.76. The fourth-order valence-electron chi connectivity index (χ4n) is 2.82. The Morgan fingerprint density at radius 3 is 2.06 bits per heavy atom. The van der Waals surface area contributed by atoms with Gasteiger partial charge in [0.1, 0.15) is 0 Å². The minimum absolute atomic E-state index is 0. The minimum atomic E-state index is 0. The molecule has 0 spiro atoms. The van der Waals surface area contributed by atoms with Crippen LogP contribution in [0.3, 0.4) is 0 Å². The van der Waals surface area contributed by atoms with E-state index in [9.17, 15) is 0 Å². The van der Waals surface area contributed by atoms with Crippen molar-refractivity contribution in [1.82, 2.24) is 0 Å². The van der Waals surface area contributed by atoms with Crippen molar-refractivity contribution in [3.8, 4) is 0 Å². The maximum absolute atomic E-state index is 2.51. The molecule has 0 nitrogen and oxygen atoms in total. The molecule has 0 aromatic carbocycles. The van der Waals surface area contributed by atoms with Crippen LogP contribution in [0.5, 0.6) is 0 Å². The van der Waals surface area contributed by atoms with E-state index in [0.29, 0.717) is 0 Å². The van der Waals surface area contributed by atoms with Crippen molar-refractivity contribution in [2.45, 2.75) is 59.8 Å². The Morgan fingerprint density at radius 1 is 1.06 bits per heavy atom. The number of halogens is 2. The fraction of sp³-hybridized carbons (Fsp3) is 0.733. The molecule has 0 radical (unpaired) electrons. The molecule has 0 aliphatic heterocycles. The summed E-state index contributed by atoms with van der Waals surface area (Å²) in [6.07, 6.45) is 9.06. The van der Waals surface area contributed by atoms with Gasteiger partial charge < -0.3 is 0 Å². The minimum Gasteiger partial charge on any atom is -0.147 e. The van der Waals surface area contributed by atoms with Gasteiger partial charge in [0.05, 0.1) is 0 Å². The van der Waals surface area contributed by atoms with Crippen molar-refractivity contribution in [1.29, 1.82) is 0 Å². The van der Waals surface area contributed by atoms with E-state index in [1.807, 2.05) is 0 Å². The molecule has 1 rings (SSSR count). The quantitative estimate of drug-likeness (QED) is 0.552. The molecule has 2 unspecified atom stereocenters. The van der Waals surface area contributed by atoms with Crippen molar-refractivity contribution in [3.05, 3.63) is 20.5 Å². The standard InChI is InChI=1S/C15H25.2ClH.Zr/c1-5-8-12(3)14-10-7-11-15(14)13(4)9-6-2;;;/h10,12-13H,5-9H2,1-4H3;2*1H;. The van der Waals surface area contributed by atoms with Gasteiger partial charge in [0, 0.05) is 0 Å². The zero-order chi connectivity index (χ0) is 12.1. The van der Waals surface area contributed by atoms with Gasteiger partial charge >= 0.3 is 117 Å². The van der Waals surface area contributed by atoms with Gasteiger partial charge in [-0.25, -0.2) is 0 Å². The number of rotatable bonds is 6. The third-order valence-corrected chi connectivity index (χ3v) is 4.79. The van der Waals surface area contributed by atoms with Crippen LogP contribution in [0.1, 0.15) is 59.8 Å². The van der Waals surface area contributed by atoms with Gasteiger partial charge in [-0.3, -0.25) is 0 Å². The normalized spacial score (nSPS) is 17.6. The van der Waals surface area contributed by atoms with Crippen molar-refractivity contribution < 1.29 is 24.7 Å². The predicted octanol–water partition coefficient (Wildman–Crippen LogP) is 5.83. The van der Waals surface area contributed by atoms with Crippen LogP contribution in [0.15, 0.2) is 20.5 Å². The smallest absolute Gasteiger partial charge is 0.147 e. The van der Waals surface area contributed by atoms with Crippen molar-refractivity contribution in [3.63, 3.8) is 0 Å². The molecule has 18 heavy (non-hydrogen) atoms. The van der Waals surface area contributed by atoms with Gasteiger partial charge in [0.25, 0.3) is 0 Å². The van der Waals surface area contributed by atoms with Gasteiger partial charge in [-0.15, -0.1) is 24.8 Å². The van der Waals surface area contributed by atoms with Crippen LogP contribution in [0.25, 0.3) is 0 Å². The summed E-state index contributed by atoms with van der Waals surface area (Å²) in [6.45, 7) is 9.42. The molecule has 0 saturated heterocycles. The average molecular weight is 370 g/mol. The molecule has 105 valence electrons. The molecule has 3 heteroatoms. The molecular weight excluding hydrogens is 342 g/mol. The Morgan fingerprint density at radius 2 is 1.56 bits per heavy atom. The Hall–Kier alpha value is 0.943. The summed E-state index contributed by atoms with van der Waals surface area (Å²) >= 11 is 1.63. The van der Waals surface area contributed by atoms with E-state index < -0.39 is 0 Å². The van der Waals surface area contributed by atoms with E-state index in [4.69, 9.17) is 0 Å². The zero-order valence-electron chi connectivity index (χ0n) is 12.1. The number of hydrogen-bond acceptors (Lipinski definition) is 0. The Bertz CT molecular complexity index is 295. The van der Waals surface area contributed by atoms with E-state index in [0.717, 1.165) is 11.8 Å². The summed E-state index contributed by atoms with van der Waals surface area (Å²) in [5.74, 6) is 1.56. The van der Waals surface area contributed by atoms with Crippen LogP contribution in [0.4, 0.5) is 0 Å². The Kier molecular flexibility index (Phi) is 12.6. The van der Waals surface area contributed by atoms with Gasteiger partial charge in [-0.05, 0) is 0 Å². The summed E-state index contributed by atoms with van der Waals surface area (Å²) in [6, 6.07) is 0. The average Bonchev–Trinajstić information content (AvgIpc) is 2.61. The van der Waals surface area contributed by atoms with Gasteiger partial charge in [-0.2, -0.15) is 0 Å². The van der Waals surface area contributed by atoms with Crippen molar-refractivity contribution >= 4 is 24.8 Å². The molecule has 0 aromatic rings. The van der Waals surface area contributed by atoms with Crippen LogP contribution < -0.4 is 0 Å². The summed E-state index contributed by atoms with van der Waals surface area (Å²) < 4.78 is 1.71. The summed E-state index contributed by atoms with van der Waals surface area (Å²) in [5, 5.41) is 0. The monoisotopic (exact) mass is 367 g/mol. The second-order valence-corrected chi connectivity index (χ2v) is 6.62. The molecule has 0 heterocycles. The second kappa shape index (κ2) is 10.7.